The Bertz CT molecular complexity index is 516. The number of aliphatic imine (C=N–C) groups is 1. The van der Waals surface area contributed by atoms with Crippen molar-refractivity contribution in [3.63, 3.8) is 0 Å². The molecular formula is C17H25ClFN3O2. The molecule has 5 nitrogen and oxygen atoms in total. The molecule has 0 saturated carbocycles. The highest BCUT2D eigenvalue weighted by Gasteiger charge is 2.15. The van der Waals surface area contributed by atoms with E-state index in [2.05, 4.69) is 15.6 Å². The number of benzene rings is 1. The lowest BCUT2D eigenvalue weighted by Gasteiger charge is -2.13. The lowest BCUT2D eigenvalue weighted by atomic mass is 10.1. The summed E-state index contributed by atoms with van der Waals surface area (Å²) in [6, 6.07) is 4.72. The molecule has 2 rings (SSSR count). The van der Waals surface area contributed by atoms with Crippen LogP contribution < -0.4 is 10.6 Å². The molecule has 134 valence electrons. The number of hydrogen-bond acceptors (Lipinski definition) is 3. The Hall–Kier alpha value is -1.37. The summed E-state index contributed by atoms with van der Waals surface area (Å²) in [5.41, 5.74) is 0.523. The average Bonchev–Trinajstić information content (AvgIpc) is 3.08. The van der Waals surface area contributed by atoms with Gasteiger partial charge >= 0.3 is 0 Å². The van der Waals surface area contributed by atoms with Crippen LogP contribution in [-0.2, 0) is 15.9 Å². The third kappa shape index (κ3) is 6.26. The molecule has 1 heterocycles. The van der Waals surface area contributed by atoms with Gasteiger partial charge in [-0.1, -0.05) is 17.7 Å². The van der Waals surface area contributed by atoms with E-state index in [1.165, 1.54) is 6.07 Å². The summed E-state index contributed by atoms with van der Waals surface area (Å²) in [4.78, 5) is 4.15. The predicted octanol–water partition coefficient (Wildman–Crippen LogP) is 2.38. The summed E-state index contributed by atoms with van der Waals surface area (Å²) in [6.45, 7) is 3.51. The maximum Gasteiger partial charge on any atom is 0.190 e. The molecule has 0 bridgehead atoms. The van der Waals surface area contributed by atoms with E-state index >= 15 is 0 Å². The summed E-state index contributed by atoms with van der Waals surface area (Å²) in [6.07, 6.45) is 2.61. The van der Waals surface area contributed by atoms with Gasteiger partial charge in [0.1, 0.15) is 5.82 Å². The minimum absolute atomic E-state index is 0.243. The minimum atomic E-state index is -0.278. The maximum atomic E-state index is 13.7. The first-order valence-corrected chi connectivity index (χ1v) is 8.65. The molecule has 7 heteroatoms. The lowest BCUT2D eigenvalue weighted by Crippen LogP contribution is -2.39. The number of rotatable bonds is 8. The highest BCUT2D eigenvalue weighted by molar-refractivity contribution is 6.31. The summed E-state index contributed by atoms with van der Waals surface area (Å²) >= 11 is 6.01. The summed E-state index contributed by atoms with van der Waals surface area (Å²) in [7, 11) is 1.71. The molecule has 0 spiro atoms. The molecule has 1 aromatic rings. The van der Waals surface area contributed by atoms with Gasteiger partial charge in [0.05, 0.1) is 12.7 Å². The van der Waals surface area contributed by atoms with E-state index in [0.29, 0.717) is 42.7 Å². The second kappa shape index (κ2) is 10.5. The number of guanidine groups is 1. The van der Waals surface area contributed by atoms with E-state index in [-0.39, 0.29) is 11.9 Å². The molecule has 2 N–H and O–H groups in total. The van der Waals surface area contributed by atoms with Crippen LogP contribution in [0, 0.1) is 5.82 Å². The smallest absolute Gasteiger partial charge is 0.190 e. The molecule has 1 aliphatic heterocycles. The normalized spacial score (nSPS) is 18.0. The average molecular weight is 358 g/mol. The number of halogens is 2. The quantitative estimate of drug-likeness (QED) is 0.426. The van der Waals surface area contributed by atoms with Crippen LogP contribution in [0.4, 0.5) is 4.39 Å². The van der Waals surface area contributed by atoms with Crippen molar-refractivity contribution in [1.82, 2.24) is 10.6 Å². The highest BCUT2D eigenvalue weighted by atomic mass is 35.5. The Labute approximate surface area is 147 Å². The highest BCUT2D eigenvalue weighted by Crippen LogP contribution is 2.18. The van der Waals surface area contributed by atoms with Gasteiger partial charge in [-0.05, 0) is 31.4 Å². The second-order valence-electron chi connectivity index (χ2n) is 5.59. The number of nitrogens with zero attached hydrogens (tertiary/aromatic N) is 1. The molecule has 1 aromatic carbocycles. The van der Waals surface area contributed by atoms with Gasteiger partial charge in [-0.25, -0.2) is 4.39 Å². The van der Waals surface area contributed by atoms with E-state index in [0.717, 1.165) is 26.0 Å². The fourth-order valence-electron chi connectivity index (χ4n) is 2.47. The SMILES string of the molecule is CN=C(NCCCOC1CCOC1)NCCc1c(F)cccc1Cl. The zero-order valence-electron chi connectivity index (χ0n) is 14.0. The molecule has 1 atom stereocenters. The van der Waals surface area contributed by atoms with Gasteiger partial charge < -0.3 is 20.1 Å². The molecule has 0 aromatic heterocycles. The zero-order valence-corrected chi connectivity index (χ0v) is 14.7. The summed E-state index contributed by atoms with van der Waals surface area (Å²) in [5, 5.41) is 6.82. The second-order valence-corrected chi connectivity index (χ2v) is 5.99. The molecule has 1 fully saturated rings. The Morgan fingerprint density at radius 2 is 2.25 bits per heavy atom. The number of nitrogens with one attached hydrogen (secondary N) is 2. The van der Waals surface area contributed by atoms with E-state index in [1.807, 2.05) is 0 Å². The van der Waals surface area contributed by atoms with Gasteiger partial charge in [-0.15, -0.1) is 0 Å². The molecule has 0 aliphatic carbocycles. The van der Waals surface area contributed by atoms with Crippen LogP contribution in [0.15, 0.2) is 23.2 Å². The first kappa shape index (κ1) is 19.0. The standard InChI is InChI=1S/C17H25ClFN3O2/c1-20-17(21-8-3-10-24-13-7-11-23-12-13)22-9-6-14-15(18)4-2-5-16(14)19/h2,4-5,13H,3,6-12H2,1H3,(H2,20,21,22). The molecule has 1 saturated heterocycles. The van der Waals surface area contributed by atoms with Crippen LogP contribution in [0.2, 0.25) is 5.02 Å². The van der Waals surface area contributed by atoms with Crippen LogP contribution >= 0.6 is 11.6 Å². The van der Waals surface area contributed by atoms with Gasteiger partial charge in [0.2, 0.25) is 0 Å². The lowest BCUT2D eigenvalue weighted by molar-refractivity contribution is 0.0420. The molecule has 0 amide bonds. The predicted molar refractivity (Wildman–Crippen MR) is 94.3 cm³/mol. The third-order valence-corrected chi connectivity index (χ3v) is 4.16. The summed E-state index contributed by atoms with van der Waals surface area (Å²) < 4.78 is 24.7. The van der Waals surface area contributed by atoms with Crippen molar-refractivity contribution in [1.29, 1.82) is 0 Å². The van der Waals surface area contributed by atoms with Gasteiger partial charge in [0.15, 0.2) is 5.96 Å². The monoisotopic (exact) mass is 357 g/mol. The molecule has 1 unspecified atom stereocenters. The van der Waals surface area contributed by atoms with Crippen molar-refractivity contribution in [2.45, 2.75) is 25.4 Å². The van der Waals surface area contributed by atoms with Crippen molar-refractivity contribution in [3.8, 4) is 0 Å². The van der Waals surface area contributed by atoms with E-state index < -0.39 is 0 Å². The van der Waals surface area contributed by atoms with Gasteiger partial charge in [-0.2, -0.15) is 0 Å². The van der Waals surface area contributed by atoms with Crippen molar-refractivity contribution in [2.24, 2.45) is 4.99 Å². The minimum Gasteiger partial charge on any atom is -0.379 e. The molecule has 24 heavy (non-hydrogen) atoms. The fourth-order valence-corrected chi connectivity index (χ4v) is 2.73. The van der Waals surface area contributed by atoms with Crippen LogP contribution in [-0.4, -0.2) is 52.0 Å². The Morgan fingerprint density at radius 1 is 1.42 bits per heavy atom. The topological polar surface area (TPSA) is 54.9 Å². The number of hydrogen-bond donors (Lipinski definition) is 2. The number of ether oxygens (including phenoxy) is 2. The Balaban J connectivity index is 1.60. The van der Waals surface area contributed by atoms with E-state index in [9.17, 15) is 4.39 Å². The molecule has 1 aliphatic rings. The van der Waals surface area contributed by atoms with Crippen molar-refractivity contribution in [2.75, 3.05) is 40.0 Å². The zero-order chi connectivity index (χ0) is 17.2. The first-order chi connectivity index (χ1) is 11.7. The third-order valence-electron chi connectivity index (χ3n) is 3.81. The van der Waals surface area contributed by atoms with Gasteiger partial charge in [-0.3, -0.25) is 4.99 Å². The molecule has 0 radical (unpaired) electrons. The fraction of sp³-hybridized carbons (Fsp3) is 0.588. The van der Waals surface area contributed by atoms with Crippen LogP contribution in [0.25, 0.3) is 0 Å². The van der Waals surface area contributed by atoms with E-state index in [4.69, 9.17) is 21.1 Å². The Kier molecular flexibility index (Phi) is 8.28. The molecular weight excluding hydrogens is 333 g/mol. The van der Waals surface area contributed by atoms with Crippen LogP contribution in [0.5, 0.6) is 0 Å². The van der Waals surface area contributed by atoms with Crippen LogP contribution in [0.1, 0.15) is 18.4 Å². The van der Waals surface area contributed by atoms with E-state index in [1.54, 1.807) is 19.2 Å². The van der Waals surface area contributed by atoms with Crippen molar-refractivity contribution in [3.05, 3.63) is 34.6 Å². The van der Waals surface area contributed by atoms with Gasteiger partial charge in [0.25, 0.3) is 0 Å². The van der Waals surface area contributed by atoms with Crippen molar-refractivity contribution < 1.29 is 13.9 Å². The summed E-state index contributed by atoms with van der Waals surface area (Å²) in [5.74, 6) is 0.409. The largest absolute Gasteiger partial charge is 0.379 e. The Morgan fingerprint density at radius 3 is 2.96 bits per heavy atom. The maximum absolute atomic E-state index is 13.7. The van der Waals surface area contributed by atoms with Gasteiger partial charge in [0, 0.05) is 43.9 Å². The van der Waals surface area contributed by atoms with Crippen LogP contribution in [0.3, 0.4) is 0 Å². The first-order valence-electron chi connectivity index (χ1n) is 8.27. The van der Waals surface area contributed by atoms with Crippen molar-refractivity contribution >= 4 is 17.6 Å².